The summed E-state index contributed by atoms with van der Waals surface area (Å²) in [5.41, 5.74) is 16.6. The Balaban J connectivity index is 0.000000169. The number of rotatable bonds is 12. The fourth-order valence-electron chi connectivity index (χ4n) is 8.88. The van der Waals surface area contributed by atoms with Crippen LogP contribution in [0.1, 0.15) is 34.2 Å². The molecule has 0 saturated heterocycles. The van der Waals surface area contributed by atoms with Gasteiger partial charge >= 0.3 is 19.5 Å². The van der Waals surface area contributed by atoms with Gasteiger partial charge in [0.05, 0.1) is 34.2 Å². The van der Waals surface area contributed by atoms with Gasteiger partial charge in [0.15, 0.2) is 0 Å². The molecule has 0 unspecified atom stereocenters. The van der Waals surface area contributed by atoms with E-state index in [4.69, 9.17) is 30.6 Å². The summed E-state index contributed by atoms with van der Waals surface area (Å²) in [6.07, 6.45) is 21.5. The summed E-state index contributed by atoms with van der Waals surface area (Å²) in [6.45, 7) is 12.3. The molecule has 362 valence electrons. The second kappa shape index (κ2) is 21.6. The Kier molecular flexibility index (Phi) is 14.2. The third-order valence-corrected chi connectivity index (χ3v) is 12.6. The molecule has 0 bridgehead atoms. The largest absolute Gasteiger partial charge is 2.00 e. The predicted molar refractivity (Wildman–Crippen MR) is 285 cm³/mol. The van der Waals surface area contributed by atoms with Gasteiger partial charge in [0.25, 0.3) is 14.2 Å². The number of nitrogens with zero attached hydrogens (tertiary/aromatic N) is 18. The van der Waals surface area contributed by atoms with Crippen molar-refractivity contribution < 1.29 is 19.5 Å². The van der Waals surface area contributed by atoms with Gasteiger partial charge in [-0.25, -0.2) is 30.6 Å². The standard InChI is InChI=1S/2C27H24BN9.Zn/c2*1-19-13-25(22-7-4-10-29-16-22)32-35(19)28(36-20(2)14-26(33-36)23-8-5-11-30-17-23)37-21(3)15-27(34-37)24-9-6-12-31-18-24;/h2*4-18H,1-3H3;/q2*-1;+2. The maximum atomic E-state index is 5.01. The van der Waals surface area contributed by atoms with Crippen molar-refractivity contribution in [3.8, 4) is 67.5 Å². The Morgan fingerprint density at radius 3 is 0.560 bits per heavy atom. The molecule has 0 amide bonds. The minimum Gasteiger partial charge on any atom is -0.422 e. The monoisotopic (exact) mass is 1030 g/mol. The predicted octanol–water partition coefficient (Wildman–Crippen LogP) is 8.63. The van der Waals surface area contributed by atoms with Crippen molar-refractivity contribution in [1.82, 2.24) is 88.1 Å². The molecule has 2 radical (unpaired) electrons. The van der Waals surface area contributed by atoms with Crippen LogP contribution in [-0.4, -0.2) is 102 Å². The molecule has 0 saturated carbocycles. The average molecular weight is 1040 g/mol. The first-order valence-corrected chi connectivity index (χ1v) is 24.0. The quantitative estimate of drug-likeness (QED) is 0.106. The summed E-state index contributed by atoms with van der Waals surface area (Å²) in [7, 11) is -0.942. The Labute approximate surface area is 446 Å². The molecule has 0 fully saturated rings. The van der Waals surface area contributed by atoms with E-state index in [-0.39, 0.29) is 19.5 Å². The van der Waals surface area contributed by atoms with E-state index >= 15 is 0 Å². The SMILES string of the molecule is Cc1cc(-c2cccnc2)nn1[B-](n1nc(-c2cccnc2)cc1C)n1nc(-c2cccnc2)cc1C.Cc1cc(-c2cccnc2)nn1[B-](n1nc(-c2cccnc2)cc1C)n1nc(-c2cccnc2)cc1C.[Zn+2]. The molecule has 12 aromatic rings. The fourth-order valence-corrected chi connectivity index (χ4v) is 8.88. The summed E-state index contributed by atoms with van der Waals surface area (Å²) in [5, 5.41) is 30.1. The Morgan fingerprint density at radius 1 is 0.267 bits per heavy atom. The second-order valence-corrected chi connectivity index (χ2v) is 17.8. The number of pyridine rings is 6. The van der Waals surface area contributed by atoms with Gasteiger partial charge in [-0.05, 0) is 185 Å². The van der Waals surface area contributed by atoms with E-state index in [0.717, 1.165) is 102 Å². The van der Waals surface area contributed by atoms with Crippen molar-refractivity contribution in [2.75, 3.05) is 0 Å². The summed E-state index contributed by atoms with van der Waals surface area (Å²) in [5.74, 6) is 0. The molecule has 0 aliphatic heterocycles. The average Bonchev–Trinajstić information content (AvgIpc) is 4.33. The van der Waals surface area contributed by atoms with Crippen molar-refractivity contribution in [2.24, 2.45) is 0 Å². The van der Waals surface area contributed by atoms with E-state index in [9.17, 15) is 0 Å². The zero-order valence-corrected chi connectivity index (χ0v) is 45.2. The van der Waals surface area contributed by atoms with Gasteiger partial charge in [0, 0.05) is 108 Å². The Hall–Kier alpha value is -9.09. The van der Waals surface area contributed by atoms with E-state index in [1.165, 1.54) is 0 Å². The summed E-state index contributed by atoms with van der Waals surface area (Å²) >= 11 is 0. The third kappa shape index (κ3) is 10.2. The molecule has 0 aliphatic carbocycles. The van der Waals surface area contributed by atoms with Crippen LogP contribution in [-0.2, 0) is 19.5 Å². The van der Waals surface area contributed by atoms with Crippen LogP contribution < -0.4 is 0 Å². The van der Waals surface area contributed by atoms with Crippen LogP contribution in [0, 0.1) is 41.5 Å². The van der Waals surface area contributed by atoms with Crippen LogP contribution in [0.2, 0.25) is 0 Å². The van der Waals surface area contributed by atoms with Crippen molar-refractivity contribution in [3.63, 3.8) is 0 Å². The van der Waals surface area contributed by atoms with E-state index in [1.54, 1.807) is 37.2 Å². The van der Waals surface area contributed by atoms with Crippen LogP contribution in [0.25, 0.3) is 67.5 Å². The van der Waals surface area contributed by atoms with Gasteiger partial charge in [-0.1, -0.05) is 0 Å². The van der Waals surface area contributed by atoms with Gasteiger partial charge in [-0.2, -0.15) is 0 Å². The molecule has 18 nitrogen and oxygen atoms in total. The van der Waals surface area contributed by atoms with E-state index in [2.05, 4.69) is 66.3 Å². The third-order valence-electron chi connectivity index (χ3n) is 12.6. The van der Waals surface area contributed by atoms with E-state index in [1.807, 2.05) is 179 Å². The van der Waals surface area contributed by atoms with E-state index in [0.29, 0.717) is 0 Å². The normalized spacial score (nSPS) is 11.2. The molecule has 21 heteroatoms. The Morgan fingerprint density at radius 2 is 0.427 bits per heavy atom. The van der Waals surface area contributed by atoms with Crippen LogP contribution in [0.15, 0.2) is 184 Å². The summed E-state index contributed by atoms with van der Waals surface area (Å²) < 4.78 is 11.8. The van der Waals surface area contributed by atoms with Crippen molar-refractivity contribution in [1.29, 1.82) is 0 Å². The summed E-state index contributed by atoms with van der Waals surface area (Å²) in [6, 6.07) is 35.9. The maximum Gasteiger partial charge on any atom is 2.00 e. The first-order valence-electron chi connectivity index (χ1n) is 24.0. The first-order chi connectivity index (χ1) is 36.2. The topological polar surface area (TPSA) is 184 Å². The van der Waals surface area contributed by atoms with Crippen LogP contribution in [0.3, 0.4) is 0 Å². The molecular weight excluding hydrogens is 988 g/mol. The molecule has 0 spiro atoms. The van der Waals surface area contributed by atoms with Crippen LogP contribution in [0.4, 0.5) is 0 Å². The maximum absolute atomic E-state index is 5.01. The summed E-state index contributed by atoms with van der Waals surface area (Å²) in [4.78, 5) is 25.6. The van der Waals surface area contributed by atoms with Crippen molar-refractivity contribution in [3.05, 3.63) is 218 Å². The van der Waals surface area contributed by atoms with Gasteiger partial charge < -0.3 is 27.6 Å². The van der Waals surface area contributed by atoms with Crippen molar-refractivity contribution in [2.45, 2.75) is 41.5 Å². The van der Waals surface area contributed by atoms with Gasteiger partial charge in [-0.3, -0.25) is 29.9 Å². The minimum absolute atomic E-state index is 0. The van der Waals surface area contributed by atoms with Crippen LogP contribution in [0.5, 0.6) is 0 Å². The minimum atomic E-state index is -0.471. The molecule has 12 aromatic heterocycles. The molecule has 0 atom stereocenters. The zero-order valence-electron chi connectivity index (χ0n) is 42.2. The fraction of sp³-hybridized carbons (Fsp3) is 0.111. The molecule has 75 heavy (non-hydrogen) atoms. The first kappa shape index (κ1) is 49.5. The molecule has 0 aromatic carbocycles. The smallest absolute Gasteiger partial charge is 0.422 e. The van der Waals surface area contributed by atoms with Crippen molar-refractivity contribution >= 4 is 14.2 Å². The van der Waals surface area contributed by atoms with Gasteiger partial charge in [0.2, 0.25) is 0 Å². The number of hydrogen-bond acceptors (Lipinski definition) is 12. The van der Waals surface area contributed by atoms with E-state index < -0.39 is 14.2 Å². The Bertz CT molecular complexity index is 3170. The molecule has 0 N–H and O–H groups in total. The van der Waals surface area contributed by atoms with Gasteiger partial charge in [-0.15, -0.1) is 0 Å². The number of aromatic nitrogens is 18. The molecule has 0 aliphatic rings. The number of aryl methyl sites for hydroxylation is 6. The van der Waals surface area contributed by atoms with Gasteiger partial charge in [0.1, 0.15) is 0 Å². The van der Waals surface area contributed by atoms with Crippen LogP contribution >= 0.6 is 0 Å². The second-order valence-electron chi connectivity index (χ2n) is 17.8. The molecule has 12 rings (SSSR count). The zero-order chi connectivity index (χ0) is 50.7. The number of hydrogen-bond donors (Lipinski definition) is 0. The molecule has 12 heterocycles. The molecular formula is C54H48B2N18Zn.